The van der Waals surface area contributed by atoms with E-state index in [1.165, 1.54) is 19.2 Å². The van der Waals surface area contributed by atoms with Crippen LogP contribution in [0.3, 0.4) is 0 Å². The van der Waals surface area contributed by atoms with Crippen LogP contribution in [0.15, 0.2) is 42.5 Å². The summed E-state index contributed by atoms with van der Waals surface area (Å²) in [6.45, 7) is 2.80. The molecule has 3 unspecified atom stereocenters. The van der Waals surface area contributed by atoms with Crippen LogP contribution in [-0.4, -0.2) is 107 Å². The van der Waals surface area contributed by atoms with Crippen LogP contribution >= 0.6 is 11.8 Å². The number of thioether (sulfide) groups is 1. The maximum Gasteiger partial charge on any atom is 0.426 e. The number of benzene rings is 2. The number of urea groups is 1. The number of amides is 3. The number of esters is 1. The third-order valence-electron chi connectivity index (χ3n) is 10.6. The molecule has 2 aromatic carbocycles. The van der Waals surface area contributed by atoms with Crippen molar-refractivity contribution < 1.29 is 32.3 Å². The van der Waals surface area contributed by atoms with Gasteiger partial charge in [-0.25, -0.2) is 30.4 Å². The van der Waals surface area contributed by atoms with Crippen molar-refractivity contribution in [2.24, 2.45) is 0 Å². The number of hydrogen-bond donors (Lipinski definition) is 7. The van der Waals surface area contributed by atoms with E-state index in [1.807, 2.05) is 24.9 Å². The fraction of sp³-hybridized carbons (Fsp3) is 0.500. The summed E-state index contributed by atoms with van der Waals surface area (Å²) < 4.78 is 46.2. The van der Waals surface area contributed by atoms with Gasteiger partial charge in [0.2, 0.25) is 11.6 Å². The third kappa shape index (κ3) is 8.82. The molecule has 7 rings (SSSR count). The van der Waals surface area contributed by atoms with E-state index in [2.05, 4.69) is 42.0 Å². The molecule has 3 aliphatic heterocycles. The van der Waals surface area contributed by atoms with Gasteiger partial charge in [-0.05, 0) is 69.1 Å². The van der Waals surface area contributed by atoms with Gasteiger partial charge >= 0.3 is 18.2 Å². The monoisotopic (exact) mass is 796 g/mol. The Morgan fingerprint density at radius 1 is 1.04 bits per heavy atom. The number of alkyl halides is 3. The lowest BCUT2D eigenvalue weighted by Gasteiger charge is -2.18. The van der Waals surface area contributed by atoms with Crippen molar-refractivity contribution in [1.29, 1.82) is 0 Å². The molecule has 18 heteroatoms. The van der Waals surface area contributed by atoms with Crippen LogP contribution in [0.25, 0.3) is 21.9 Å². The van der Waals surface area contributed by atoms with Crippen LogP contribution in [0.4, 0.5) is 23.8 Å². The van der Waals surface area contributed by atoms with Gasteiger partial charge in [0.05, 0.1) is 30.1 Å². The highest BCUT2D eigenvalue weighted by molar-refractivity contribution is 8.00. The number of fused-ring (bicyclic) bond motifs is 4. The van der Waals surface area contributed by atoms with E-state index in [1.54, 1.807) is 24.3 Å². The van der Waals surface area contributed by atoms with Gasteiger partial charge in [-0.2, -0.15) is 24.9 Å². The molecule has 7 N–H and O–H groups in total. The Morgan fingerprint density at radius 3 is 2.61 bits per heavy atom. The van der Waals surface area contributed by atoms with E-state index in [9.17, 15) is 27.6 Å². The standard InChI is InChI=1S/C38H47F3N10O4S/c1-51(16-6-14-42-30(52)11-4-3-10-28-32-27(21-56-28)45-36(54)48-32)17-7-15-43-33-31-25-13-12-23(35(53)55-2)20-26(25)44-34(31)47-29(46-33)19-22-8-5-9-24(18-22)37(49-50-37)38(39,40)41/h5,8-9,12-13,18,20,27-28,32,49-50H,3-4,6-7,10-11,14-17,19,21H2,1-2H3,(H,42,52)(H2,45,48,54)(H2,43,44,46,47). The Bertz CT molecular complexity index is 2080. The molecular formula is C38H47F3N10O4S. The van der Waals surface area contributed by atoms with Gasteiger partial charge in [0.1, 0.15) is 17.3 Å². The molecule has 3 amide bonds. The number of carbonyl (C=O) groups is 3. The first-order valence-corrected chi connectivity index (χ1v) is 20.0. The summed E-state index contributed by atoms with van der Waals surface area (Å²) in [6.07, 6.45) is 0.546. The fourth-order valence-corrected chi connectivity index (χ4v) is 9.06. The number of rotatable bonds is 18. The molecule has 3 fully saturated rings. The van der Waals surface area contributed by atoms with Crippen molar-refractivity contribution in [3.63, 3.8) is 0 Å². The maximum absolute atomic E-state index is 13.8. The van der Waals surface area contributed by atoms with E-state index in [0.29, 0.717) is 58.7 Å². The summed E-state index contributed by atoms with van der Waals surface area (Å²) in [4.78, 5) is 51.3. The Labute approximate surface area is 326 Å². The molecule has 300 valence electrons. The largest absolute Gasteiger partial charge is 0.465 e. The summed E-state index contributed by atoms with van der Waals surface area (Å²) >= 11 is 1.89. The first-order chi connectivity index (χ1) is 26.9. The molecule has 2 aromatic heterocycles. The van der Waals surface area contributed by atoms with E-state index in [0.717, 1.165) is 61.7 Å². The zero-order valence-corrected chi connectivity index (χ0v) is 32.1. The van der Waals surface area contributed by atoms with E-state index in [4.69, 9.17) is 14.7 Å². The number of methoxy groups -OCH3 is 1. The second-order valence-electron chi connectivity index (χ2n) is 14.6. The zero-order chi connectivity index (χ0) is 39.5. The number of nitrogens with one attached hydrogen (secondary N) is 7. The smallest absolute Gasteiger partial charge is 0.426 e. The molecule has 0 aliphatic carbocycles. The molecule has 4 aromatic rings. The second-order valence-corrected chi connectivity index (χ2v) is 15.9. The van der Waals surface area contributed by atoms with Crippen LogP contribution in [0.2, 0.25) is 0 Å². The molecule has 56 heavy (non-hydrogen) atoms. The molecule has 3 aliphatic rings. The number of carbonyl (C=O) groups excluding carboxylic acids is 3. The van der Waals surface area contributed by atoms with Gasteiger partial charge in [-0.1, -0.05) is 36.8 Å². The minimum absolute atomic E-state index is 0.0533. The molecule has 3 saturated heterocycles. The predicted octanol–water partition coefficient (Wildman–Crippen LogP) is 4.28. The summed E-state index contributed by atoms with van der Waals surface area (Å²) in [5.74, 6) is 1.52. The maximum atomic E-state index is 13.8. The lowest BCUT2D eigenvalue weighted by molar-refractivity contribution is -0.165. The highest BCUT2D eigenvalue weighted by Crippen LogP contribution is 2.42. The molecule has 5 heterocycles. The number of hydrazine groups is 1. The number of aromatic amines is 1. The Balaban J connectivity index is 0.906. The van der Waals surface area contributed by atoms with Crippen LogP contribution in [-0.2, 0) is 21.6 Å². The van der Waals surface area contributed by atoms with Crippen LogP contribution in [0, 0.1) is 0 Å². The van der Waals surface area contributed by atoms with Crippen LogP contribution in [0.5, 0.6) is 0 Å². The van der Waals surface area contributed by atoms with Gasteiger partial charge in [0.25, 0.3) is 0 Å². The molecule has 0 radical (unpaired) electrons. The van der Waals surface area contributed by atoms with Gasteiger partial charge in [-0.15, -0.1) is 0 Å². The number of nitrogens with zero attached hydrogens (tertiary/aromatic N) is 3. The van der Waals surface area contributed by atoms with E-state index in [-0.39, 0.29) is 36.0 Å². The molecule has 0 bridgehead atoms. The fourth-order valence-electron chi connectivity index (χ4n) is 7.51. The molecule has 0 spiro atoms. The van der Waals surface area contributed by atoms with Gasteiger partial charge in [0, 0.05) is 47.8 Å². The normalized spacial score (nSPS) is 19.9. The average molecular weight is 797 g/mol. The van der Waals surface area contributed by atoms with Gasteiger partial charge in [0.15, 0.2) is 0 Å². The number of hydrogen-bond acceptors (Lipinski definition) is 11. The molecule has 14 nitrogen and oxygen atoms in total. The minimum Gasteiger partial charge on any atom is -0.465 e. The summed E-state index contributed by atoms with van der Waals surface area (Å²) in [7, 11) is 3.36. The Hall–Kier alpha value is -4.65. The highest BCUT2D eigenvalue weighted by atomic mass is 32.2. The Kier molecular flexibility index (Phi) is 11.9. The lowest BCUT2D eigenvalue weighted by atomic mass is 9.99. The topological polar surface area (TPSA) is 197 Å². The van der Waals surface area contributed by atoms with E-state index < -0.39 is 17.8 Å². The molecular weight excluding hydrogens is 750 g/mol. The lowest BCUT2D eigenvalue weighted by Crippen LogP contribution is -2.36. The van der Waals surface area contributed by atoms with Crippen LogP contribution < -0.4 is 32.1 Å². The average Bonchev–Trinajstić information content (AvgIpc) is 3.65. The number of unbranched alkanes of at least 4 members (excludes halogenated alkanes) is 1. The first-order valence-electron chi connectivity index (χ1n) is 18.9. The van der Waals surface area contributed by atoms with E-state index >= 15 is 0 Å². The zero-order valence-electron chi connectivity index (χ0n) is 31.3. The summed E-state index contributed by atoms with van der Waals surface area (Å²) in [5, 5.41) is 14.4. The number of anilines is 1. The quantitative estimate of drug-likeness (QED) is 0.0329. The molecule has 0 saturated carbocycles. The number of halogens is 3. The third-order valence-corrected chi connectivity index (χ3v) is 12.1. The minimum atomic E-state index is -4.52. The molecule has 3 atom stereocenters. The SMILES string of the molecule is COC(=O)c1ccc2c(c1)[nH]c1nc(Cc3cccc(C4(C(F)(F)F)NN4)c3)nc(NCCCN(C)CCCNC(=O)CCCCC3SCC4NC(=O)NC43)c12. The number of aromatic nitrogens is 3. The highest BCUT2D eigenvalue weighted by Gasteiger charge is 2.65. The first kappa shape index (κ1) is 39.6. The number of ether oxygens (including phenoxy) is 1. The summed E-state index contributed by atoms with van der Waals surface area (Å²) in [5.41, 5.74) is 4.48. The number of H-pyrrole nitrogens is 1. The Morgan fingerprint density at radius 2 is 1.84 bits per heavy atom. The van der Waals surface area contributed by atoms with Crippen molar-refractivity contribution in [1.82, 2.24) is 46.7 Å². The van der Waals surface area contributed by atoms with Crippen molar-refractivity contribution >= 4 is 57.4 Å². The van der Waals surface area contributed by atoms with Gasteiger partial charge in [-0.3, -0.25) is 4.79 Å². The van der Waals surface area contributed by atoms with Crippen molar-refractivity contribution in [3.8, 4) is 0 Å². The van der Waals surface area contributed by atoms with Gasteiger partial charge < -0.3 is 35.9 Å². The van der Waals surface area contributed by atoms with Crippen molar-refractivity contribution in [3.05, 3.63) is 65.0 Å². The van der Waals surface area contributed by atoms with Crippen molar-refractivity contribution in [2.45, 2.75) is 74.1 Å². The van der Waals surface area contributed by atoms with Crippen LogP contribution in [0.1, 0.15) is 65.8 Å². The van der Waals surface area contributed by atoms with Crippen molar-refractivity contribution in [2.75, 3.05) is 51.4 Å². The summed E-state index contributed by atoms with van der Waals surface area (Å²) in [6, 6.07) is 11.8. The second kappa shape index (κ2) is 16.8. The predicted molar refractivity (Wildman–Crippen MR) is 208 cm³/mol.